The summed E-state index contributed by atoms with van der Waals surface area (Å²) >= 11 is 0. The van der Waals surface area contributed by atoms with Crippen molar-refractivity contribution in [1.82, 2.24) is 4.98 Å². The van der Waals surface area contributed by atoms with Crippen LogP contribution in [0.5, 0.6) is 0 Å². The van der Waals surface area contributed by atoms with E-state index in [0.29, 0.717) is 0 Å². The van der Waals surface area contributed by atoms with Gasteiger partial charge in [0.25, 0.3) is 0 Å². The van der Waals surface area contributed by atoms with Gasteiger partial charge in [0.15, 0.2) is 0 Å². The fourth-order valence-corrected chi connectivity index (χ4v) is 1.68. The Balaban J connectivity index is 2.08. The molecule has 1 N–H and O–H groups in total. The number of anilines is 1. The van der Waals surface area contributed by atoms with Gasteiger partial charge in [0.1, 0.15) is 0 Å². The summed E-state index contributed by atoms with van der Waals surface area (Å²) in [6.45, 7) is 1.89. The summed E-state index contributed by atoms with van der Waals surface area (Å²) in [4.78, 5) is 14.8. The van der Waals surface area contributed by atoms with Crippen molar-refractivity contribution < 1.29 is 13.6 Å². The Kier molecular flexibility index (Phi) is 3.85. The van der Waals surface area contributed by atoms with Crippen molar-refractivity contribution in [2.24, 2.45) is 0 Å². The summed E-state index contributed by atoms with van der Waals surface area (Å²) in [6.07, 6.45) is 0.128. The Labute approximate surface area is 109 Å². The van der Waals surface area contributed by atoms with Crippen LogP contribution in [-0.2, 0) is 11.2 Å². The molecule has 1 aromatic carbocycles. The minimum absolute atomic E-state index is 0.125. The number of rotatable bonds is 3. The maximum atomic E-state index is 13.3. The number of aromatic nitrogens is 1. The molecule has 0 unspecified atom stereocenters. The molecule has 0 aliphatic heterocycles. The molecule has 5 heteroatoms. The topological polar surface area (TPSA) is 42.0 Å². The molecule has 0 bridgehead atoms. The van der Waals surface area contributed by atoms with Gasteiger partial charge in [0.2, 0.25) is 17.8 Å². The van der Waals surface area contributed by atoms with Crippen LogP contribution < -0.4 is 5.32 Å². The van der Waals surface area contributed by atoms with Crippen LogP contribution in [0.1, 0.15) is 11.1 Å². The summed E-state index contributed by atoms with van der Waals surface area (Å²) < 4.78 is 25.9. The minimum Gasteiger partial charge on any atom is -0.322 e. The smallest absolute Gasteiger partial charge is 0.239 e. The van der Waals surface area contributed by atoms with E-state index in [1.807, 2.05) is 31.2 Å². The van der Waals surface area contributed by atoms with Crippen LogP contribution in [-0.4, -0.2) is 10.9 Å². The Morgan fingerprint density at radius 1 is 1.21 bits per heavy atom. The molecule has 0 spiro atoms. The van der Waals surface area contributed by atoms with E-state index in [1.54, 1.807) is 0 Å². The standard InChI is InChI=1S/C14H12F2N2O/c1-9-4-2-3-5-10(9)8-13(19)17-11-6-7-12(15)18-14(11)16/h2-7H,8H2,1H3,(H,17,19). The van der Waals surface area contributed by atoms with Gasteiger partial charge in [-0.25, -0.2) is 0 Å². The highest BCUT2D eigenvalue weighted by atomic mass is 19.1. The molecule has 0 saturated heterocycles. The molecule has 2 aromatic rings. The molecular formula is C14H12F2N2O. The molecule has 1 heterocycles. The van der Waals surface area contributed by atoms with Crippen molar-refractivity contribution in [3.63, 3.8) is 0 Å². The molecule has 1 aromatic heterocycles. The van der Waals surface area contributed by atoms with Crippen molar-refractivity contribution in [2.75, 3.05) is 5.32 Å². The lowest BCUT2D eigenvalue weighted by molar-refractivity contribution is -0.115. The lowest BCUT2D eigenvalue weighted by Crippen LogP contribution is -2.16. The second-order valence-corrected chi connectivity index (χ2v) is 4.12. The first kappa shape index (κ1) is 13.1. The third-order valence-corrected chi connectivity index (χ3v) is 2.70. The van der Waals surface area contributed by atoms with Crippen LogP contribution in [0.3, 0.4) is 0 Å². The van der Waals surface area contributed by atoms with E-state index in [0.717, 1.165) is 23.3 Å². The molecule has 2 rings (SSSR count). The maximum Gasteiger partial charge on any atom is 0.239 e. The van der Waals surface area contributed by atoms with Crippen LogP contribution in [0.15, 0.2) is 36.4 Å². The largest absolute Gasteiger partial charge is 0.322 e. The highest BCUT2D eigenvalue weighted by molar-refractivity contribution is 5.92. The number of nitrogens with zero attached hydrogens (tertiary/aromatic N) is 1. The number of benzene rings is 1. The molecular weight excluding hydrogens is 250 g/mol. The molecule has 0 aliphatic rings. The molecule has 3 nitrogen and oxygen atoms in total. The van der Waals surface area contributed by atoms with Gasteiger partial charge in [-0.2, -0.15) is 13.8 Å². The summed E-state index contributed by atoms with van der Waals surface area (Å²) in [5, 5.41) is 2.37. The van der Waals surface area contributed by atoms with Crippen LogP contribution in [0.25, 0.3) is 0 Å². The number of carbonyl (C=O) groups is 1. The Morgan fingerprint density at radius 3 is 2.63 bits per heavy atom. The van der Waals surface area contributed by atoms with Gasteiger partial charge in [0, 0.05) is 0 Å². The summed E-state index contributed by atoms with van der Waals surface area (Å²) in [6, 6.07) is 9.56. The molecule has 0 aliphatic carbocycles. The monoisotopic (exact) mass is 262 g/mol. The Morgan fingerprint density at radius 2 is 1.95 bits per heavy atom. The highest BCUT2D eigenvalue weighted by Crippen LogP contribution is 2.13. The van der Waals surface area contributed by atoms with Crippen LogP contribution in [0, 0.1) is 18.8 Å². The van der Waals surface area contributed by atoms with Crippen molar-refractivity contribution in [2.45, 2.75) is 13.3 Å². The van der Waals surface area contributed by atoms with E-state index in [9.17, 15) is 13.6 Å². The Bertz CT molecular complexity index is 614. The molecule has 98 valence electrons. The van der Waals surface area contributed by atoms with Crippen LogP contribution >= 0.6 is 0 Å². The number of aryl methyl sites for hydroxylation is 1. The van der Waals surface area contributed by atoms with Crippen molar-refractivity contribution >= 4 is 11.6 Å². The number of nitrogens with one attached hydrogen (secondary N) is 1. The van der Waals surface area contributed by atoms with E-state index in [-0.39, 0.29) is 18.0 Å². The van der Waals surface area contributed by atoms with Gasteiger partial charge < -0.3 is 5.32 Å². The predicted molar refractivity (Wildman–Crippen MR) is 67.7 cm³/mol. The van der Waals surface area contributed by atoms with E-state index in [2.05, 4.69) is 10.3 Å². The van der Waals surface area contributed by atoms with Crippen molar-refractivity contribution in [3.05, 3.63) is 59.4 Å². The molecule has 0 saturated carbocycles. The molecule has 0 atom stereocenters. The number of amides is 1. The summed E-state index contributed by atoms with van der Waals surface area (Å²) in [5.41, 5.74) is 1.71. The Hall–Kier alpha value is -2.30. The van der Waals surface area contributed by atoms with E-state index in [1.165, 1.54) is 0 Å². The zero-order chi connectivity index (χ0) is 13.8. The highest BCUT2D eigenvalue weighted by Gasteiger charge is 2.10. The van der Waals surface area contributed by atoms with Crippen molar-refractivity contribution in [1.29, 1.82) is 0 Å². The van der Waals surface area contributed by atoms with Gasteiger partial charge in [-0.05, 0) is 30.2 Å². The number of pyridine rings is 1. The maximum absolute atomic E-state index is 13.3. The third kappa shape index (κ3) is 3.34. The average Bonchev–Trinajstić information content (AvgIpc) is 2.36. The molecule has 0 radical (unpaired) electrons. The molecule has 19 heavy (non-hydrogen) atoms. The van der Waals surface area contributed by atoms with Crippen LogP contribution in [0.4, 0.5) is 14.5 Å². The van der Waals surface area contributed by atoms with Gasteiger partial charge >= 0.3 is 0 Å². The summed E-state index contributed by atoms with van der Waals surface area (Å²) in [5.74, 6) is -2.32. The first-order valence-corrected chi connectivity index (χ1v) is 5.72. The first-order chi connectivity index (χ1) is 9.06. The van der Waals surface area contributed by atoms with E-state index < -0.39 is 11.9 Å². The third-order valence-electron chi connectivity index (χ3n) is 2.70. The fraction of sp³-hybridized carbons (Fsp3) is 0.143. The lowest BCUT2D eigenvalue weighted by Gasteiger charge is -2.07. The van der Waals surface area contributed by atoms with Gasteiger partial charge in [-0.3, -0.25) is 4.79 Å². The predicted octanol–water partition coefficient (Wildman–Crippen LogP) is 2.85. The average molecular weight is 262 g/mol. The van der Waals surface area contributed by atoms with Gasteiger partial charge in [0.05, 0.1) is 12.1 Å². The fourth-order valence-electron chi connectivity index (χ4n) is 1.68. The number of hydrogen-bond donors (Lipinski definition) is 1. The van der Waals surface area contributed by atoms with Crippen molar-refractivity contribution in [3.8, 4) is 0 Å². The molecule has 0 fully saturated rings. The van der Waals surface area contributed by atoms with Crippen LogP contribution in [0.2, 0.25) is 0 Å². The quantitative estimate of drug-likeness (QED) is 0.864. The molecule has 1 amide bonds. The second kappa shape index (κ2) is 5.56. The van der Waals surface area contributed by atoms with E-state index in [4.69, 9.17) is 0 Å². The summed E-state index contributed by atoms with van der Waals surface area (Å²) in [7, 11) is 0. The minimum atomic E-state index is -1.03. The van der Waals surface area contributed by atoms with Gasteiger partial charge in [-0.1, -0.05) is 24.3 Å². The number of hydrogen-bond acceptors (Lipinski definition) is 2. The zero-order valence-corrected chi connectivity index (χ0v) is 10.3. The van der Waals surface area contributed by atoms with E-state index >= 15 is 0 Å². The lowest BCUT2D eigenvalue weighted by atomic mass is 10.1. The first-order valence-electron chi connectivity index (χ1n) is 5.72. The number of halogens is 2. The second-order valence-electron chi connectivity index (χ2n) is 4.12. The van der Waals surface area contributed by atoms with Gasteiger partial charge in [-0.15, -0.1) is 0 Å². The SMILES string of the molecule is Cc1ccccc1CC(=O)Nc1ccc(F)nc1F. The zero-order valence-electron chi connectivity index (χ0n) is 10.3. The normalized spacial score (nSPS) is 10.3. The number of carbonyl (C=O) groups excluding carboxylic acids is 1.